The Kier molecular flexibility index (Phi) is 5.65. The first kappa shape index (κ1) is 21.3. The Morgan fingerprint density at radius 1 is 0.906 bits per heavy atom. The lowest BCUT2D eigenvalue weighted by molar-refractivity contribution is 0.0659. The molecule has 6 atom stereocenters. The molecule has 1 heterocycles. The van der Waals surface area contributed by atoms with Gasteiger partial charge in [-0.05, 0) is 110 Å². The smallest absolute Gasteiger partial charge is 0.0642 e. The molecule has 1 aromatic rings. The summed E-state index contributed by atoms with van der Waals surface area (Å²) in [5.41, 5.74) is 7.54. The second-order valence-corrected chi connectivity index (χ2v) is 11.9. The van der Waals surface area contributed by atoms with E-state index in [0.717, 1.165) is 55.9 Å². The van der Waals surface area contributed by atoms with Crippen LogP contribution in [0.3, 0.4) is 0 Å². The minimum atomic E-state index is 0.649. The van der Waals surface area contributed by atoms with Crippen molar-refractivity contribution in [1.29, 1.82) is 0 Å². The van der Waals surface area contributed by atoms with Crippen LogP contribution in [0, 0.1) is 29.1 Å². The van der Waals surface area contributed by atoms with Crippen molar-refractivity contribution in [3.8, 4) is 0 Å². The van der Waals surface area contributed by atoms with Crippen LogP contribution in [0.2, 0.25) is 0 Å². The summed E-state index contributed by atoms with van der Waals surface area (Å²) >= 11 is 0. The molecule has 2 heteroatoms. The van der Waals surface area contributed by atoms with Gasteiger partial charge >= 0.3 is 0 Å². The van der Waals surface area contributed by atoms with Crippen LogP contribution < -0.4 is 4.90 Å². The summed E-state index contributed by atoms with van der Waals surface area (Å²) in [6.07, 6.45) is 14.4. The predicted molar refractivity (Wildman–Crippen MR) is 133 cm³/mol. The quantitative estimate of drug-likeness (QED) is 0.462. The molecular formula is C30H43NO. The van der Waals surface area contributed by atoms with E-state index in [9.17, 15) is 0 Å². The summed E-state index contributed by atoms with van der Waals surface area (Å²) in [7, 11) is 0. The van der Waals surface area contributed by atoms with Crippen LogP contribution in [0.4, 0.5) is 5.69 Å². The average Bonchev–Trinajstić information content (AvgIpc) is 3.20. The molecule has 0 bridgehead atoms. The van der Waals surface area contributed by atoms with E-state index in [1.54, 1.807) is 5.56 Å². The fraction of sp³-hybridized carbons (Fsp3) is 0.733. The standard InChI is InChI=1S/C30H43NO/c1-3-24-8-13-29-28-12-7-23-20-22(6-11-26(23)27(28)14-15-30(24,29)2)21-4-9-25(10-5-21)31-16-18-32-19-17-31/h4-5,9-10,22-24,28-29H,3,6-8,11-20H2,1-2H3/t22?,23?,24-,28+,29-,30+/m0/s1. The number of fused-ring (bicyclic) bond motifs is 4. The van der Waals surface area contributed by atoms with Crippen LogP contribution in [-0.2, 0) is 4.74 Å². The summed E-state index contributed by atoms with van der Waals surface area (Å²) in [4.78, 5) is 2.47. The Hall–Kier alpha value is -1.28. The van der Waals surface area contributed by atoms with Gasteiger partial charge in [-0.1, -0.05) is 43.5 Å². The number of hydrogen-bond donors (Lipinski definition) is 0. The van der Waals surface area contributed by atoms with Gasteiger partial charge in [-0.25, -0.2) is 0 Å². The van der Waals surface area contributed by atoms with Crippen LogP contribution in [-0.4, -0.2) is 26.3 Å². The van der Waals surface area contributed by atoms with Gasteiger partial charge in [0.05, 0.1) is 13.2 Å². The van der Waals surface area contributed by atoms with Crippen molar-refractivity contribution in [1.82, 2.24) is 0 Å². The van der Waals surface area contributed by atoms with E-state index in [4.69, 9.17) is 4.74 Å². The van der Waals surface area contributed by atoms with E-state index in [1.807, 2.05) is 11.1 Å². The lowest BCUT2D eigenvalue weighted by Gasteiger charge is -2.51. The van der Waals surface area contributed by atoms with Crippen LogP contribution in [0.25, 0.3) is 0 Å². The van der Waals surface area contributed by atoms with Crippen molar-refractivity contribution < 1.29 is 4.74 Å². The topological polar surface area (TPSA) is 12.5 Å². The van der Waals surface area contributed by atoms with Crippen molar-refractivity contribution >= 4 is 5.69 Å². The monoisotopic (exact) mass is 433 g/mol. The number of rotatable bonds is 3. The van der Waals surface area contributed by atoms with Crippen molar-refractivity contribution in [2.24, 2.45) is 29.1 Å². The van der Waals surface area contributed by atoms with E-state index in [-0.39, 0.29) is 0 Å². The Labute approximate surface area is 195 Å². The molecule has 1 aromatic carbocycles. The van der Waals surface area contributed by atoms with E-state index in [0.29, 0.717) is 5.41 Å². The van der Waals surface area contributed by atoms with Crippen LogP contribution in [0.5, 0.6) is 0 Å². The van der Waals surface area contributed by atoms with Gasteiger partial charge in [0.2, 0.25) is 0 Å². The first-order valence-corrected chi connectivity index (χ1v) is 13.8. The normalized spacial score (nSPS) is 39.4. The molecule has 1 saturated heterocycles. The molecular weight excluding hydrogens is 390 g/mol. The van der Waals surface area contributed by atoms with E-state index >= 15 is 0 Å². The Morgan fingerprint density at radius 3 is 2.50 bits per heavy atom. The minimum Gasteiger partial charge on any atom is -0.378 e. The van der Waals surface area contributed by atoms with Gasteiger partial charge < -0.3 is 9.64 Å². The summed E-state index contributed by atoms with van der Waals surface area (Å²) < 4.78 is 5.52. The zero-order valence-electron chi connectivity index (χ0n) is 20.5. The van der Waals surface area contributed by atoms with E-state index < -0.39 is 0 Å². The van der Waals surface area contributed by atoms with Crippen molar-refractivity contribution in [3.63, 3.8) is 0 Å². The van der Waals surface area contributed by atoms with Gasteiger partial charge in [0.25, 0.3) is 0 Å². The molecule has 5 aliphatic rings. The number of morpholine rings is 1. The molecule has 3 saturated carbocycles. The lowest BCUT2D eigenvalue weighted by atomic mass is 9.54. The first-order chi connectivity index (χ1) is 15.7. The second kappa shape index (κ2) is 8.49. The molecule has 174 valence electrons. The van der Waals surface area contributed by atoms with Crippen molar-refractivity contribution in [2.75, 3.05) is 31.2 Å². The summed E-state index contributed by atoms with van der Waals surface area (Å²) in [6.45, 7) is 8.90. The summed E-state index contributed by atoms with van der Waals surface area (Å²) in [5.74, 6) is 4.58. The SMILES string of the molecule is CC[C@H]1CC[C@H]2[C@@H]3CCC4CC(c5ccc(N6CCOCC6)cc5)CCC4=C3CC[C@]12C. The number of hydrogen-bond acceptors (Lipinski definition) is 2. The summed E-state index contributed by atoms with van der Waals surface area (Å²) in [6, 6.07) is 9.62. The van der Waals surface area contributed by atoms with Gasteiger partial charge in [0.1, 0.15) is 0 Å². The van der Waals surface area contributed by atoms with Gasteiger partial charge in [0.15, 0.2) is 0 Å². The molecule has 1 aliphatic heterocycles. The van der Waals surface area contributed by atoms with Gasteiger partial charge in [-0.15, -0.1) is 0 Å². The fourth-order valence-electron chi connectivity index (χ4n) is 8.98. The first-order valence-electron chi connectivity index (χ1n) is 13.8. The lowest BCUT2D eigenvalue weighted by Crippen LogP contribution is -2.41. The Balaban J connectivity index is 1.16. The Bertz CT molecular complexity index is 850. The molecule has 2 unspecified atom stereocenters. The third kappa shape index (κ3) is 3.47. The van der Waals surface area contributed by atoms with Gasteiger partial charge in [-0.3, -0.25) is 0 Å². The number of nitrogens with zero attached hydrogens (tertiary/aromatic N) is 1. The molecule has 4 aliphatic carbocycles. The number of anilines is 1. The highest BCUT2D eigenvalue weighted by Gasteiger charge is 2.53. The molecule has 32 heavy (non-hydrogen) atoms. The fourth-order valence-corrected chi connectivity index (χ4v) is 8.98. The molecule has 4 fully saturated rings. The number of ether oxygens (including phenoxy) is 1. The van der Waals surface area contributed by atoms with Gasteiger partial charge in [-0.2, -0.15) is 0 Å². The van der Waals surface area contributed by atoms with Crippen LogP contribution in [0.1, 0.15) is 89.5 Å². The van der Waals surface area contributed by atoms with Crippen molar-refractivity contribution in [2.45, 2.75) is 84.0 Å². The zero-order valence-corrected chi connectivity index (χ0v) is 20.5. The van der Waals surface area contributed by atoms with E-state index in [2.05, 4.69) is 43.0 Å². The third-order valence-corrected chi connectivity index (χ3v) is 10.8. The highest BCUT2D eigenvalue weighted by molar-refractivity contribution is 5.48. The Morgan fingerprint density at radius 2 is 1.72 bits per heavy atom. The molecule has 0 radical (unpaired) electrons. The highest BCUT2D eigenvalue weighted by atomic mass is 16.5. The second-order valence-electron chi connectivity index (χ2n) is 11.9. The number of allylic oxidation sites excluding steroid dienone is 2. The number of benzene rings is 1. The maximum atomic E-state index is 5.52. The predicted octanol–water partition coefficient (Wildman–Crippen LogP) is 7.35. The third-order valence-electron chi connectivity index (χ3n) is 10.8. The highest BCUT2D eigenvalue weighted by Crippen LogP contribution is 2.63. The van der Waals surface area contributed by atoms with E-state index in [1.165, 1.54) is 69.9 Å². The van der Waals surface area contributed by atoms with Crippen LogP contribution in [0.15, 0.2) is 35.4 Å². The molecule has 0 N–H and O–H groups in total. The minimum absolute atomic E-state index is 0.649. The van der Waals surface area contributed by atoms with Crippen molar-refractivity contribution in [3.05, 3.63) is 41.0 Å². The maximum Gasteiger partial charge on any atom is 0.0642 e. The largest absolute Gasteiger partial charge is 0.378 e. The molecule has 0 amide bonds. The molecule has 0 spiro atoms. The molecule has 6 rings (SSSR count). The average molecular weight is 434 g/mol. The zero-order chi connectivity index (χ0) is 21.7. The molecule has 0 aromatic heterocycles. The maximum absolute atomic E-state index is 5.52. The van der Waals surface area contributed by atoms with Crippen LogP contribution >= 0.6 is 0 Å². The molecule has 2 nitrogen and oxygen atoms in total. The van der Waals surface area contributed by atoms with Gasteiger partial charge in [0, 0.05) is 18.8 Å². The summed E-state index contributed by atoms with van der Waals surface area (Å²) in [5, 5.41) is 0.